The third-order valence-corrected chi connectivity index (χ3v) is 8.58. The highest BCUT2D eigenvalue weighted by Crippen LogP contribution is 2.39. The predicted octanol–water partition coefficient (Wildman–Crippen LogP) is 6.05. The van der Waals surface area contributed by atoms with Crippen molar-refractivity contribution in [2.45, 2.75) is 64.0 Å². The van der Waals surface area contributed by atoms with Gasteiger partial charge in [-0.25, -0.2) is 9.37 Å². The number of rotatable bonds is 6. The first kappa shape index (κ1) is 27.5. The number of nitrogens with one attached hydrogen (secondary N) is 1. The molecule has 6 nitrogen and oxygen atoms in total. The van der Waals surface area contributed by atoms with Crippen LogP contribution >= 0.6 is 11.3 Å². The molecule has 200 valence electrons. The summed E-state index contributed by atoms with van der Waals surface area (Å²) in [6.45, 7) is 4.44. The highest BCUT2D eigenvalue weighted by molar-refractivity contribution is 7.19. The number of anilines is 2. The van der Waals surface area contributed by atoms with Gasteiger partial charge in [0.1, 0.15) is 17.0 Å². The van der Waals surface area contributed by atoms with Crippen molar-refractivity contribution >= 4 is 33.3 Å². The van der Waals surface area contributed by atoms with E-state index in [1.807, 2.05) is 13.1 Å². The van der Waals surface area contributed by atoms with Gasteiger partial charge >= 0.3 is 0 Å². The summed E-state index contributed by atoms with van der Waals surface area (Å²) >= 11 is 1.73. The van der Waals surface area contributed by atoms with E-state index in [-0.39, 0.29) is 12.4 Å². The van der Waals surface area contributed by atoms with Crippen molar-refractivity contribution in [2.24, 2.45) is 0 Å². The van der Waals surface area contributed by atoms with Crippen LogP contribution in [0.2, 0.25) is 0 Å². The molecule has 5 rings (SSSR count). The number of hydrogen-bond acceptors (Lipinski definition) is 7. The smallest absolute Gasteiger partial charge is 0.184 e. The molecule has 0 amide bonds. The normalized spacial score (nSPS) is 19.3. The van der Waals surface area contributed by atoms with Gasteiger partial charge in [0.05, 0.1) is 12.4 Å². The molecule has 0 bridgehead atoms. The Balaban J connectivity index is 0.000000270. The number of hydrogen-bond donors (Lipinski definition) is 2. The van der Waals surface area contributed by atoms with Crippen LogP contribution in [-0.2, 0) is 6.61 Å². The van der Waals surface area contributed by atoms with Gasteiger partial charge in [-0.2, -0.15) is 0 Å². The zero-order valence-corrected chi connectivity index (χ0v) is 22.6. The maximum absolute atomic E-state index is 13.6. The molecule has 2 aliphatic carbocycles. The molecule has 0 atom stereocenters. The lowest BCUT2D eigenvalue weighted by atomic mass is 9.94. The van der Waals surface area contributed by atoms with Crippen LogP contribution in [0.25, 0.3) is 5.57 Å². The number of aliphatic hydroxyl groups excluding tert-OH is 1. The largest absolute Gasteiger partial charge is 0.392 e. The van der Waals surface area contributed by atoms with Crippen LogP contribution in [0.15, 0.2) is 42.2 Å². The number of carbonyl (C=O) groups excluding carboxylic acids is 1. The number of benzene rings is 1. The number of piperazine rings is 1. The number of aliphatic hydroxyl groups is 1. The van der Waals surface area contributed by atoms with E-state index in [9.17, 15) is 9.18 Å². The molecule has 3 aliphatic rings. The number of nitrogens with zero attached hydrogens (tertiary/aromatic N) is 3. The minimum atomic E-state index is -0.0169. The molecular weight excluding hydrogens is 487 g/mol. The standard InChI is InChI=1S/C21H31FN4S.C8H8O2/c1-23-21-24-19(16-6-5-7-17(22)11-10-16)20(27-21)26-14-12-25(13-15-26)18-8-3-2-4-9-18;9-5-7-1-2-8(6-10)4-3-7/h10-11,18H,2-9,12-15H2,1H3,(H,23,24);1-5,10H,6H2. The van der Waals surface area contributed by atoms with Gasteiger partial charge in [0.2, 0.25) is 0 Å². The van der Waals surface area contributed by atoms with E-state index >= 15 is 0 Å². The second kappa shape index (κ2) is 13.8. The van der Waals surface area contributed by atoms with Crippen LogP contribution in [-0.4, -0.2) is 60.5 Å². The summed E-state index contributed by atoms with van der Waals surface area (Å²) in [4.78, 5) is 20.2. The Morgan fingerprint density at radius 3 is 2.43 bits per heavy atom. The van der Waals surface area contributed by atoms with Gasteiger partial charge in [0, 0.05) is 44.8 Å². The van der Waals surface area contributed by atoms with E-state index in [4.69, 9.17) is 10.1 Å². The maximum Gasteiger partial charge on any atom is 0.184 e. The van der Waals surface area contributed by atoms with Crippen molar-refractivity contribution in [2.75, 3.05) is 43.4 Å². The third kappa shape index (κ3) is 7.49. The maximum atomic E-state index is 13.6. The van der Waals surface area contributed by atoms with Crippen LogP contribution in [0.3, 0.4) is 0 Å². The minimum Gasteiger partial charge on any atom is -0.392 e. The molecule has 0 radical (unpaired) electrons. The van der Waals surface area contributed by atoms with Gasteiger partial charge in [-0.05, 0) is 49.3 Å². The lowest BCUT2D eigenvalue weighted by Crippen LogP contribution is -2.50. The summed E-state index contributed by atoms with van der Waals surface area (Å²) in [6, 6.07) is 7.61. The zero-order valence-electron chi connectivity index (χ0n) is 21.8. The van der Waals surface area contributed by atoms with Crippen LogP contribution < -0.4 is 10.2 Å². The predicted molar refractivity (Wildman–Crippen MR) is 151 cm³/mol. The second-order valence-electron chi connectivity index (χ2n) is 9.91. The highest BCUT2D eigenvalue weighted by atomic mass is 32.1. The van der Waals surface area contributed by atoms with E-state index in [1.54, 1.807) is 41.7 Å². The average molecular weight is 527 g/mol. The lowest BCUT2D eigenvalue weighted by molar-refractivity contribution is 0.112. The SMILES string of the molecule is CNc1nc(C2=CC=C(F)CCC2)c(N2CCN(C3CCCCC3)CC2)s1.O=Cc1ccc(CO)cc1. The summed E-state index contributed by atoms with van der Waals surface area (Å²) < 4.78 is 13.6. The number of halogens is 1. The molecule has 8 heteroatoms. The molecule has 37 heavy (non-hydrogen) atoms. The summed E-state index contributed by atoms with van der Waals surface area (Å²) in [6.07, 6.45) is 13.6. The molecule has 1 saturated heterocycles. The lowest BCUT2D eigenvalue weighted by Gasteiger charge is -2.41. The fraction of sp³-hybridized carbons (Fsp3) is 0.517. The molecule has 1 saturated carbocycles. The summed E-state index contributed by atoms with van der Waals surface area (Å²) in [5, 5.41) is 14.0. The molecule has 2 aromatic rings. The summed E-state index contributed by atoms with van der Waals surface area (Å²) in [7, 11) is 1.93. The van der Waals surface area contributed by atoms with Crippen molar-refractivity contribution in [1.82, 2.24) is 9.88 Å². The van der Waals surface area contributed by atoms with Crippen LogP contribution in [0.1, 0.15) is 73.0 Å². The first-order valence-electron chi connectivity index (χ1n) is 13.5. The van der Waals surface area contributed by atoms with Crippen molar-refractivity contribution in [1.29, 1.82) is 0 Å². The number of allylic oxidation sites excluding steroid dienone is 4. The zero-order chi connectivity index (χ0) is 26.0. The van der Waals surface area contributed by atoms with Crippen molar-refractivity contribution < 1.29 is 14.3 Å². The average Bonchev–Trinajstić information content (AvgIpc) is 3.28. The van der Waals surface area contributed by atoms with Gasteiger partial charge in [-0.15, -0.1) is 0 Å². The van der Waals surface area contributed by atoms with E-state index in [2.05, 4.69) is 15.1 Å². The minimum absolute atomic E-state index is 0.0169. The molecule has 0 spiro atoms. The van der Waals surface area contributed by atoms with Crippen molar-refractivity contribution in [3.05, 3.63) is 59.1 Å². The van der Waals surface area contributed by atoms with Gasteiger partial charge in [0.15, 0.2) is 5.13 Å². The Labute approximate surface area is 223 Å². The topological polar surface area (TPSA) is 68.7 Å². The molecule has 1 aliphatic heterocycles. The molecule has 1 aromatic carbocycles. The van der Waals surface area contributed by atoms with Crippen molar-refractivity contribution in [3.8, 4) is 0 Å². The van der Waals surface area contributed by atoms with Gasteiger partial charge < -0.3 is 15.3 Å². The van der Waals surface area contributed by atoms with E-state index in [0.717, 1.165) is 67.7 Å². The first-order valence-corrected chi connectivity index (χ1v) is 14.3. The Bertz CT molecular complexity index is 1070. The fourth-order valence-electron chi connectivity index (χ4n) is 5.28. The summed E-state index contributed by atoms with van der Waals surface area (Å²) in [5.74, 6) is -0.0169. The Kier molecular flexibility index (Phi) is 10.3. The quantitative estimate of drug-likeness (QED) is 0.447. The third-order valence-electron chi connectivity index (χ3n) is 7.45. The number of carbonyl (C=O) groups is 1. The highest BCUT2D eigenvalue weighted by Gasteiger charge is 2.28. The monoisotopic (exact) mass is 526 g/mol. The Morgan fingerprint density at radius 2 is 1.78 bits per heavy atom. The van der Waals surface area contributed by atoms with Crippen LogP contribution in [0.4, 0.5) is 14.5 Å². The van der Waals surface area contributed by atoms with Gasteiger partial charge in [-0.3, -0.25) is 9.69 Å². The van der Waals surface area contributed by atoms with E-state index < -0.39 is 0 Å². The molecule has 0 unspecified atom stereocenters. The van der Waals surface area contributed by atoms with Crippen molar-refractivity contribution in [3.63, 3.8) is 0 Å². The molecule has 2 fully saturated rings. The Hall–Kier alpha value is -2.55. The molecular formula is C29H39FN4O2S. The molecule has 1 aromatic heterocycles. The summed E-state index contributed by atoms with van der Waals surface area (Å²) in [5.41, 5.74) is 3.69. The Morgan fingerprint density at radius 1 is 1.05 bits per heavy atom. The first-order chi connectivity index (χ1) is 18.1. The number of aromatic nitrogens is 1. The van der Waals surface area contributed by atoms with E-state index in [1.165, 1.54) is 42.7 Å². The van der Waals surface area contributed by atoms with Gasteiger partial charge in [-0.1, -0.05) is 60.9 Å². The number of thiazole rings is 1. The van der Waals surface area contributed by atoms with Crippen LogP contribution in [0, 0.1) is 0 Å². The second-order valence-corrected chi connectivity index (χ2v) is 10.9. The fourth-order valence-corrected chi connectivity index (χ4v) is 6.29. The van der Waals surface area contributed by atoms with Crippen LogP contribution in [0.5, 0.6) is 0 Å². The molecule has 2 heterocycles. The van der Waals surface area contributed by atoms with E-state index in [0.29, 0.717) is 12.0 Å². The number of aldehydes is 1. The van der Waals surface area contributed by atoms with Gasteiger partial charge in [0.25, 0.3) is 0 Å². The molecule has 2 N–H and O–H groups in total.